The first kappa shape index (κ1) is 14.1. The Bertz CT molecular complexity index is 459. The predicted octanol–water partition coefficient (Wildman–Crippen LogP) is 0.431. The molecule has 0 radical (unpaired) electrons. The van der Waals surface area contributed by atoms with Crippen molar-refractivity contribution in [3.05, 3.63) is 11.4 Å². The van der Waals surface area contributed by atoms with E-state index < -0.39 is 10.0 Å². The van der Waals surface area contributed by atoms with Crippen molar-refractivity contribution in [1.29, 1.82) is 0 Å². The third-order valence-electron chi connectivity index (χ3n) is 2.41. The molecule has 1 aromatic heterocycles. The van der Waals surface area contributed by atoms with Crippen LogP contribution in [-0.4, -0.2) is 30.7 Å². The molecule has 0 aliphatic rings. The van der Waals surface area contributed by atoms with Gasteiger partial charge in [-0.15, -0.1) is 0 Å². The number of nitrogens with one attached hydrogen (secondary N) is 2. The van der Waals surface area contributed by atoms with Gasteiger partial charge in [0.15, 0.2) is 0 Å². The van der Waals surface area contributed by atoms with Crippen LogP contribution >= 0.6 is 0 Å². The zero-order valence-corrected chi connectivity index (χ0v) is 11.4. The van der Waals surface area contributed by atoms with Crippen LogP contribution in [0.5, 0.6) is 0 Å². The van der Waals surface area contributed by atoms with E-state index in [1.165, 1.54) is 0 Å². The van der Waals surface area contributed by atoms with Gasteiger partial charge in [-0.05, 0) is 34.1 Å². The molecule has 98 valence electrons. The van der Waals surface area contributed by atoms with Crippen molar-refractivity contribution >= 4 is 10.0 Å². The Morgan fingerprint density at radius 1 is 1.41 bits per heavy atom. The SMILES string of the molecule is Cc1n[nH]c(C)c1S(=O)(=O)NC(C)CC(C)N. The number of H-pyrrole nitrogens is 1. The molecule has 0 spiro atoms. The van der Waals surface area contributed by atoms with Gasteiger partial charge in [0.05, 0.1) is 11.4 Å². The Kier molecular flexibility index (Phi) is 4.29. The second-order valence-electron chi connectivity index (χ2n) is 4.50. The Morgan fingerprint density at radius 2 is 2.00 bits per heavy atom. The third-order valence-corrected chi connectivity index (χ3v) is 4.26. The minimum absolute atomic E-state index is 0.0424. The molecule has 1 aromatic rings. The predicted molar refractivity (Wildman–Crippen MR) is 66.1 cm³/mol. The molecule has 0 fully saturated rings. The number of hydrogen-bond acceptors (Lipinski definition) is 4. The summed E-state index contributed by atoms with van der Waals surface area (Å²) in [7, 11) is -3.52. The second kappa shape index (κ2) is 5.16. The second-order valence-corrected chi connectivity index (χ2v) is 6.15. The first-order valence-electron chi connectivity index (χ1n) is 5.53. The monoisotopic (exact) mass is 260 g/mol. The zero-order chi connectivity index (χ0) is 13.2. The van der Waals surface area contributed by atoms with Crippen molar-refractivity contribution in [1.82, 2.24) is 14.9 Å². The van der Waals surface area contributed by atoms with Crippen molar-refractivity contribution in [3.63, 3.8) is 0 Å². The lowest BCUT2D eigenvalue weighted by Crippen LogP contribution is -2.36. The summed E-state index contributed by atoms with van der Waals surface area (Å²) in [5.41, 5.74) is 6.66. The van der Waals surface area contributed by atoms with E-state index in [4.69, 9.17) is 5.73 Å². The van der Waals surface area contributed by atoms with E-state index in [0.717, 1.165) is 0 Å². The lowest BCUT2D eigenvalue weighted by molar-refractivity contribution is 0.519. The molecule has 17 heavy (non-hydrogen) atoms. The van der Waals surface area contributed by atoms with Crippen LogP contribution in [0.2, 0.25) is 0 Å². The van der Waals surface area contributed by atoms with Gasteiger partial charge in [0.2, 0.25) is 10.0 Å². The molecule has 0 amide bonds. The molecule has 2 unspecified atom stereocenters. The summed E-state index contributed by atoms with van der Waals surface area (Å²) in [6, 6.07) is -0.243. The molecule has 0 bridgehead atoms. The van der Waals surface area contributed by atoms with Gasteiger partial charge in [0, 0.05) is 12.1 Å². The Hall–Kier alpha value is -0.920. The molecule has 0 aliphatic heterocycles. The molecule has 0 saturated heterocycles. The van der Waals surface area contributed by atoms with Gasteiger partial charge in [-0.1, -0.05) is 0 Å². The summed E-state index contributed by atoms with van der Waals surface area (Å²) >= 11 is 0. The maximum atomic E-state index is 12.1. The first-order chi connectivity index (χ1) is 7.74. The average molecular weight is 260 g/mol. The highest BCUT2D eigenvalue weighted by Crippen LogP contribution is 2.17. The lowest BCUT2D eigenvalue weighted by Gasteiger charge is -2.16. The van der Waals surface area contributed by atoms with Crippen LogP contribution in [-0.2, 0) is 10.0 Å². The van der Waals surface area contributed by atoms with Gasteiger partial charge in [0.1, 0.15) is 4.90 Å². The van der Waals surface area contributed by atoms with Crippen molar-refractivity contribution in [2.75, 3.05) is 0 Å². The van der Waals surface area contributed by atoms with Crippen LogP contribution in [0.4, 0.5) is 0 Å². The van der Waals surface area contributed by atoms with Gasteiger partial charge < -0.3 is 5.73 Å². The molecule has 0 aromatic carbocycles. The molecule has 0 aliphatic carbocycles. The Labute approximate surface area is 102 Å². The number of nitrogens with zero attached hydrogens (tertiary/aromatic N) is 1. The highest BCUT2D eigenvalue weighted by atomic mass is 32.2. The number of hydrogen-bond donors (Lipinski definition) is 3. The van der Waals surface area contributed by atoms with E-state index in [9.17, 15) is 8.42 Å². The fourth-order valence-corrected chi connectivity index (χ4v) is 3.49. The maximum absolute atomic E-state index is 12.1. The minimum atomic E-state index is -3.52. The van der Waals surface area contributed by atoms with Crippen LogP contribution in [0.15, 0.2) is 4.90 Å². The van der Waals surface area contributed by atoms with E-state index in [0.29, 0.717) is 17.8 Å². The normalized spacial score (nSPS) is 15.8. The van der Waals surface area contributed by atoms with Crippen molar-refractivity contribution in [2.45, 2.75) is 51.1 Å². The molecular formula is C10H20N4O2S. The van der Waals surface area contributed by atoms with E-state index in [1.54, 1.807) is 20.8 Å². The van der Waals surface area contributed by atoms with Crippen molar-refractivity contribution < 1.29 is 8.42 Å². The summed E-state index contributed by atoms with van der Waals surface area (Å²) in [5.74, 6) is 0. The summed E-state index contributed by atoms with van der Waals surface area (Å²) in [4.78, 5) is 0.231. The summed E-state index contributed by atoms with van der Waals surface area (Å²) in [5, 5.41) is 6.54. The summed E-state index contributed by atoms with van der Waals surface area (Å²) in [6.07, 6.45) is 0.592. The standard InChI is InChI=1S/C10H20N4O2S/c1-6(11)5-7(2)14-17(15,16)10-8(3)12-13-9(10)4/h6-7,14H,5,11H2,1-4H3,(H,12,13). The van der Waals surface area contributed by atoms with E-state index >= 15 is 0 Å². The quantitative estimate of drug-likeness (QED) is 0.714. The highest BCUT2D eigenvalue weighted by molar-refractivity contribution is 7.89. The molecule has 1 rings (SSSR count). The number of sulfonamides is 1. The molecule has 0 saturated carbocycles. The Balaban J connectivity index is 2.90. The molecule has 1 heterocycles. The minimum Gasteiger partial charge on any atom is -0.328 e. The summed E-state index contributed by atoms with van der Waals surface area (Å²) < 4.78 is 26.8. The van der Waals surface area contributed by atoms with Crippen molar-refractivity contribution in [2.24, 2.45) is 5.73 Å². The molecule has 6 nitrogen and oxygen atoms in total. The molecule has 2 atom stereocenters. The largest absolute Gasteiger partial charge is 0.328 e. The third kappa shape index (κ3) is 3.52. The molecular weight excluding hydrogens is 240 g/mol. The van der Waals surface area contributed by atoms with Gasteiger partial charge in [-0.2, -0.15) is 5.10 Å². The van der Waals surface area contributed by atoms with E-state index in [1.807, 2.05) is 6.92 Å². The molecule has 7 heteroatoms. The zero-order valence-electron chi connectivity index (χ0n) is 10.6. The van der Waals surface area contributed by atoms with Crippen LogP contribution in [0, 0.1) is 13.8 Å². The smallest absolute Gasteiger partial charge is 0.244 e. The van der Waals surface area contributed by atoms with Crippen LogP contribution < -0.4 is 10.5 Å². The van der Waals surface area contributed by atoms with Crippen LogP contribution in [0.1, 0.15) is 31.7 Å². The Morgan fingerprint density at radius 3 is 2.41 bits per heavy atom. The van der Waals surface area contributed by atoms with Crippen LogP contribution in [0.25, 0.3) is 0 Å². The topological polar surface area (TPSA) is 101 Å². The van der Waals surface area contributed by atoms with Gasteiger partial charge in [-0.3, -0.25) is 5.10 Å². The van der Waals surface area contributed by atoms with Gasteiger partial charge >= 0.3 is 0 Å². The summed E-state index contributed by atoms with van der Waals surface area (Å²) in [6.45, 7) is 6.99. The number of aromatic amines is 1. The van der Waals surface area contributed by atoms with Crippen molar-refractivity contribution in [3.8, 4) is 0 Å². The number of rotatable bonds is 5. The molecule has 4 N–H and O–H groups in total. The number of aryl methyl sites for hydroxylation is 2. The fourth-order valence-electron chi connectivity index (χ4n) is 1.87. The fraction of sp³-hybridized carbons (Fsp3) is 0.700. The van der Waals surface area contributed by atoms with E-state index in [-0.39, 0.29) is 17.0 Å². The van der Waals surface area contributed by atoms with E-state index in [2.05, 4.69) is 14.9 Å². The van der Waals surface area contributed by atoms with Crippen LogP contribution in [0.3, 0.4) is 0 Å². The first-order valence-corrected chi connectivity index (χ1v) is 7.02. The highest BCUT2D eigenvalue weighted by Gasteiger charge is 2.24. The average Bonchev–Trinajstić information content (AvgIpc) is 2.43. The van der Waals surface area contributed by atoms with Gasteiger partial charge in [-0.25, -0.2) is 13.1 Å². The number of nitrogens with two attached hydrogens (primary N) is 1. The number of aromatic nitrogens is 2. The lowest BCUT2D eigenvalue weighted by atomic mass is 10.1. The maximum Gasteiger partial charge on any atom is 0.244 e. The van der Waals surface area contributed by atoms with Gasteiger partial charge in [0.25, 0.3) is 0 Å².